The van der Waals surface area contributed by atoms with E-state index in [-0.39, 0.29) is 17.2 Å². The first-order valence-electron chi connectivity index (χ1n) is 6.77. The molecule has 0 aromatic heterocycles. The lowest BCUT2D eigenvalue weighted by Gasteiger charge is -2.32. The monoisotopic (exact) mass is 279 g/mol. The number of carboxylic acids is 1. The predicted octanol–water partition coefficient (Wildman–Crippen LogP) is 3.43. The van der Waals surface area contributed by atoms with E-state index in [1.807, 2.05) is 6.92 Å². The molecule has 0 atom stereocenters. The summed E-state index contributed by atoms with van der Waals surface area (Å²) in [6, 6.07) is 3.36. The fourth-order valence-corrected chi connectivity index (χ4v) is 2.63. The maximum Gasteiger partial charge on any atom is 0.337 e. The van der Waals surface area contributed by atoms with E-state index >= 15 is 0 Å². The summed E-state index contributed by atoms with van der Waals surface area (Å²) in [5.41, 5.74) is -0.545. The zero-order valence-electron chi connectivity index (χ0n) is 11.4. The van der Waals surface area contributed by atoms with Crippen molar-refractivity contribution in [2.45, 2.75) is 39.0 Å². The van der Waals surface area contributed by atoms with Gasteiger partial charge in [0.15, 0.2) is 0 Å². The van der Waals surface area contributed by atoms with Gasteiger partial charge < -0.3 is 10.4 Å². The minimum Gasteiger partial charge on any atom is -0.478 e. The van der Waals surface area contributed by atoms with Crippen LogP contribution in [-0.4, -0.2) is 17.0 Å². The number of carboxylic acid groups (broad SMARTS) is 1. The fourth-order valence-electron chi connectivity index (χ4n) is 2.63. The van der Waals surface area contributed by atoms with Gasteiger partial charge in [0.05, 0.1) is 11.3 Å². The molecule has 0 heterocycles. The Labute approximate surface area is 117 Å². The SMILES string of the molecule is CC1(C(=O)Nc2ccc(F)cc2C(=O)O)CCCCC1. The average molecular weight is 279 g/mol. The number of hydrogen-bond donors (Lipinski definition) is 2. The van der Waals surface area contributed by atoms with Crippen molar-refractivity contribution in [3.63, 3.8) is 0 Å². The molecule has 4 nitrogen and oxygen atoms in total. The van der Waals surface area contributed by atoms with Crippen molar-refractivity contribution in [1.82, 2.24) is 0 Å². The molecular weight excluding hydrogens is 261 g/mol. The molecule has 1 aromatic carbocycles. The molecule has 0 radical (unpaired) electrons. The summed E-state index contributed by atoms with van der Waals surface area (Å²) in [6.45, 7) is 1.89. The van der Waals surface area contributed by atoms with E-state index < -0.39 is 17.2 Å². The molecular formula is C15H18FNO3. The van der Waals surface area contributed by atoms with Gasteiger partial charge in [0.2, 0.25) is 5.91 Å². The van der Waals surface area contributed by atoms with E-state index in [2.05, 4.69) is 5.32 Å². The third-order valence-corrected chi connectivity index (χ3v) is 3.97. The van der Waals surface area contributed by atoms with Crippen molar-refractivity contribution >= 4 is 17.6 Å². The number of rotatable bonds is 3. The number of anilines is 1. The van der Waals surface area contributed by atoms with Crippen molar-refractivity contribution in [3.05, 3.63) is 29.6 Å². The first-order valence-corrected chi connectivity index (χ1v) is 6.77. The Kier molecular flexibility index (Phi) is 4.06. The van der Waals surface area contributed by atoms with Crippen LogP contribution in [0.15, 0.2) is 18.2 Å². The molecule has 1 aliphatic carbocycles. The lowest BCUT2D eigenvalue weighted by atomic mass is 9.75. The quantitative estimate of drug-likeness (QED) is 0.890. The summed E-state index contributed by atoms with van der Waals surface area (Å²) in [7, 11) is 0. The molecule has 5 heteroatoms. The van der Waals surface area contributed by atoms with Crippen molar-refractivity contribution in [1.29, 1.82) is 0 Å². The minimum absolute atomic E-state index is 0.149. The summed E-state index contributed by atoms with van der Waals surface area (Å²) in [4.78, 5) is 23.4. The van der Waals surface area contributed by atoms with Crippen molar-refractivity contribution in [2.75, 3.05) is 5.32 Å². The van der Waals surface area contributed by atoms with Gasteiger partial charge in [-0.1, -0.05) is 26.2 Å². The smallest absolute Gasteiger partial charge is 0.337 e. The van der Waals surface area contributed by atoms with Crippen molar-refractivity contribution in [2.24, 2.45) is 5.41 Å². The normalized spacial score (nSPS) is 17.5. The Balaban J connectivity index is 2.21. The second-order valence-corrected chi connectivity index (χ2v) is 5.57. The van der Waals surface area contributed by atoms with Crippen LogP contribution >= 0.6 is 0 Å². The number of amides is 1. The zero-order chi connectivity index (χ0) is 14.8. The number of benzene rings is 1. The van der Waals surface area contributed by atoms with Crippen LogP contribution in [0, 0.1) is 11.2 Å². The Morgan fingerprint density at radius 1 is 1.25 bits per heavy atom. The van der Waals surface area contributed by atoms with Gasteiger partial charge >= 0.3 is 5.97 Å². The number of halogens is 1. The molecule has 0 spiro atoms. The van der Waals surface area contributed by atoms with Gasteiger partial charge in [0.1, 0.15) is 5.82 Å². The summed E-state index contributed by atoms with van der Waals surface area (Å²) < 4.78 is 13.1. The lowest BCUT2D eigenvalue weighted by Crippen LogP contribution is -2.35. The summed E-state index contributed by atoms with van der Waals surface area (Å²) >= 11 is 0. The maximum atomic E-state index is 13.1. The van der Waals surface area contributed by atoms with Gasteiger partial charge in [-0.15, -0.1) is 0 Å². The van der Waals surface area contributed by atoms with Crippen LogP contribution in [0.25, 0.3) is 0 Å². The van der Waals surface area contributed by atoms with Crippen molar-refractivity contribution in [3.8, 4) is 0 Å². The highest BCUT2D eigenvalue weighted by molar-refractivity contribution is 6.02. The second kappa shape index (κ2) is 5.61. The topological polar surface area (TPSA) is 66.4 Å². The zero-order valence-corrected chi connectivity index (χ0v) is 11.4. The molecule has 20 heavy (non-hydrogen) atoms. The van der Waals surface area contributed by atoms with Crippen LogP contribution in [-0.2, 0) is 4.79 Å². The molecule has 1 saturated carbocycles. The van der Waals surface area contributed by atoms with Gasteiger partial charge in [-0.05, 0) is 31.0 Å². The van der Waals surface area contributed by atoms with E-state index in [9.17, 15) is 14.0 Å². The largest absolute Gasteiger partial charge is 0.478 e. The minimum atomic E-state index is -1.26. The third-order valence-electron chi connectivity index (χ3n) is 3.97. The van der Waals surface area contributed by atoms with Gasteiger partial charge in [-0.3, -0.25) is 4.79 Å². The lowest BCUT2D eigenvalue weighted by molar-refractivity contribution is -0.126. The van der Waals surface area contributed by atoms with Crippen molar-refractivity contribution < 1.29 is 19.1 Å². The van der Waals surface area contributed by atoms with E-state index in [0.717, 1.165) is 44.2 Å². The standard InChI is InChI=1S/C15H18FNO3/c1-15(7-3-2-4-8-15)14(20)17-12-6-5-10(16)9-11(12)13(18)19/h5-6,9H,2-4,7-8H2,1H3,(H,17,20)(H,18,19). The Morgan fingerprint density at radius 3 is 2.50 bits per heavy atom. The predicted molar refractivity (Wildman–Crippen MR) is 73.2 cm³/mol. The van der Waals surface area contributed by atoms with E-state index in [1.54, 1.807) is 0 Å². The molecule has 1 aromatic rings. The Bertz CT molecular complexity index is 536. The van der Waals surface area contributed by atoms with E-state index in [0.29, 0.717) is 0 Å². The summed E-state index contributed by atoms with van der Waals surface area (Å²) in [5, 5.41) is 11.7. The first kappa shape index (κ1) is 14.5. The van der Waals surface area contributed by atoms with E-state index in [1.165, 1.54) is 6.07 Å². The van der Waals surface area contributed by atoms with Crippen LogP contribution < -0.4 is 5.32 Å². The number of nitrogens with one attached hydrogen (secondary N) is 1. The molecule has 0 aliphatic heterocycles. The molecule has 1 amide bonds. The maximum absolute atomic E-state index is 13.1. The van der Waals surface area contributed by atoms with Crippen LogP contribution in [0.1, 0.15) is 49.4 Å². The van der Waals surface area contributed by atoms with Crippen LogP contribution in [0.3, 0.4) is 0 Å². The highest BCUT2D eigenvalue weighted by Gasteiger charge is 2.35. The molecule has 1 aliphatic rings. The highest BCUT2D eigenvalue weighted by atomic mass is 19.1. The van der Waals surface area contributed by atoms with E-state index in [4.69, 9.17) is 5.11 Å². The fraction of sp³-hybridized carbons (Fsp3) is 0.467. The summed E-state index contributed by atoms with van der Waals surface area (Å²) in [5.74, 6) is -2.08. The summed E-state index contributed by atoms with van der Waals surface area (Å²) in [6.07, 6.45) is 4.71. The van der Waals surface area contributed by atoms with Gasteiger partial charge in [-0.2, -0.15) is 0 Å². The van der Waals surface area contributed by atoms with Gasteiger partial charge in [0, 0.05) is 5.41 Å². The molecule has 0 saturated heterocycles. The van der Waals surface area contributed by atoms with Gasteiger partial charge in [-0.25, -0.2) is 9.18 Å². The molecule has 1 fully saturated rings. The average Bonchev–Trinajstić information content (AvgIpc) is 2.41. The Morgan fingerprint density at radius 2 is 1.90 bits per heavy atom. The van der Waals surface area contributed by atoms with Crippen LogP contribution in [0.2, 0.25) is 0 Å². The number of aromatic carboxylic acids is 1. The number of hydrogen-bond acceptors (Lipinski definition) is 2. The third kappa shape index (κ3) is 2.98. The highest BCUT2D eigenvalue weighted by Crippen LogP contribution is 2.37. The Hall–Kier alpha value is -1.91. The van der Waals surface area contributed by atoms with Crippen LogP contribution in [0.4, 0.5) is 10.1 Å². The molecule has 2 N–H and O–H groups in total. The molecule has 0 bridgehead atoms. The van der Waals surface area contributed by atoms with Crippen LogP contribution in [0.5, 0.6) is 0 Å². The first-order chi connectivity index (χ1) is 9.42. The van der Waals surface area contributed by atoms with Gasteiger partial charge in [0.25, 0.3) is 0 Å². The second-order valence-electron chi connectivity index (χ2n) is 5.57. The molecule has 0 unspecified atom stereocenters. The number of carbonyl (C=O) groups is 2. The number of carbonyl (C=O) groups excluding carboxylic acids is 1. The molecule has 2 rings (SSSR count). The molecule has 108 valence electrons.